The van der Waals surface area contributed by atoms with Crippen LogP contribution in [-0.4, -0.2) is 100 Å². The number of amides is 2. The number of esters is 2. The van der Waals surface area contributed by atoms with Crippen molar-refractivity contribution in [2.75, 3.05) is 26.2 Å². The third kappa shape index (κ3) is 13.3. The molecule has 1 heterocycles. The van der Waals surface area contributed by atoms with Gasteiger partial charge in [0.1, 0.15) is 0 Å². The number of nitrogens with zero attached hydrogens (tertiary/aromatic N) is 2. The van der Waals surface area contributed by atoms with Gasteiger partial charge in [-0.1, -0.05) is 67.1 Å². The van der Waals surface area contributed by atoms with Gasteiger partial charge in [-0.15, -0.1) is 0 Å². The molecule has 3 aromatic carbocycles. The van der Waals surface area contributed by atoms with Crippen LogP contribution in [0.25, 0.3) is 0 Å². The van der Waals surface area contributed by atoms with Crippen molar-refractivity contribution in [3.8, 4) is 0 Å². The Bertz CT molecular complexity index is 1550. The Labute approximate surface area is 309 Å². The summed E-state index contributed by atoms with van der Waals surface area (Å²) in [5.41, 5.74) is 1.35. The van der Waals surface area contributed by atoms with Crippen molar-refractivity contribution >= 4 is 41.5 Å². The molecular weight excluding hydrogens is 690 g/mol. The summed E-state index contributed by atoms with van der Waals surface area (Å²) in [5.74, 6) is -4.97. The molecular formula is C39H48ClN3O9. The lowest BCUT2D eigenvalue weighted by atomic mass is 9.95. The molecule has 0 aromatic heterocycles. The van der Waals surface area contributed by atoms with Crippen LogP contribution in [0.15, 0.2) is 84.9 Å². The van der Waals surface area contributed by atoms with E-state index in [1.165, 1.54) is 54.1 Å². The molecule has 0 radical (unpaired) electrons. The Kier molecular flexibility index (Phi) is 16.6. The lowest BCUT2D eigenvalue weighted by Gasteiger charge is -2.37. The van der Waals surface area contributed by atoms with Crippen LogP contribution in [0.2, 0.25) is 5.02 Å². The molecule has 0 bridgehead atoms. The van der Waals surface area contributed by atoms with Crippen LogP contribution in [0.4, 0.5) is 4.79 Å². The van der Waals surface area contributed by atoms with Crippen molar-refractivity contribution in [2.45, 2.75) is 71.2 Å². The minimum atomic E-state index is -2.21. The quantitative estimate of drug-likeness (QED) is 0.167. The largest absolute Gasteiger partial charge is 0.478 e. The number of rotatable bonds is 14. The van der Waals surface area contributed by atoms with Gasteiger partial charge in [0, 0.05) is 36.7 Å². The highest BCUT2D eigenvalue weighted by molar-refractivity contribution is 6.30. The van der Waals surface area contributed by atoms with Crippen LogP contribution in [0.1, 0.15) is 66.8 Å². The summed E-state index contributed by atoms with van der Waals surface area (Å²) >= 11 is 6.12. The van der Waals surface area contributed by atoms with E-state index in [0.717, 1.165) is 50.5 Å². The number of likely N-dealkylation sites (tertiary alicyclic amines) is 1. The van der Waals surface area contributed by atoms with E-state index >= 15 is 0 Å². The number of halogens is 1. The molecule has 1 unspecified atom stereocenters. The number of piperidine rings is 1. The summed E-state index contributed by atoms with van der Waals surface area (Å²) in [6, 6.07) is 23.8. The van der Waals surface area contributed by atoms with E-state index in [1.54, 1.807) is 12.1 Å². The molecule has 3 N–H and O–H groups in total. The van der Waals surface area contributed by atoms with Gasteiger partial charge in [0.25, 0.3) is 0 Å². The van der Waals surface area contributed by atoms with E-state index in [9.17, 15) is 34.2 Å². The standard InChI is InChI=1S/C21H34ClN3O.C18H14O8/c1-5-24(17(4)13-19-7-6-8-20(22)14-19)15-18-9-11-25(12-10-18)21(26)23-16(2)3;19-15(20)13(25-17(23)11-7-3-1-4-8-11)14(16(21)22)26-18(24)12-9-5-2-6-10-12/h6-8,14,16-18H,5,9-13,15H2,1-4H3,(H,23,26);1-10,13-14H,(H,19,20)(H,21,22)/t;13-,14-/m.1/s1. The Morgan fingerprint density at radius 2 is 1.31 bits per heavy atom. The van der Waals surface area contributed by atoms with Crippen LogP contribution in [0.5, 0.6) is 0 Å². The first-order valence-electron chi connectivity index (χ1n) is 17.3. The van der Waals surface area contributed by atoms with Crippen LogP contribution >= 0.6 is 11.6 Å². The number of benzene rings is 3. The van der Waals surface area contributed by atoms with Crippen molar-refractivity contribution in [2.24, 2.45) is 5.92 Å². The van der Waals surface area contributed by atoms with E-state index in [2.05, 4.69) is 36.2 Å². The molecule has 1 fully saturated rings. The van der Waals surface area contributed by atoms with E-state index in [4.69, 9.17) is 21.1 Å². The number of nitrogens with one attached hydrogen (secondary N) is 1. The number of carboxylic acids is 2. The number of likely N-dealkylation sites (N-methyl/N-ethyl adjacent to an activating group) is 1. The molecule has 0 aliphatic carbocycles. The van der Waals surface area contributed by atoms with Gasteiger partial charge in [0.2, 0.25) is 12.2 Å². The summed E-state index contributed by atoms with van der Waals surface area (Å²) in [6.45, 7) is 12.4. The maximum Gasteiger partial charge on any atom is 0.349 e. The smallest absolute Gasteiger partial charge is 0.349 e. The van der Waals surface area contributed by atoms with Gasteiger partial charge in [0.15, 0.2) is 0 Å². The molecule has 3 atom stereocenters. The summed E-state index contributed by atoms with van der Waals surface area (Å²) in [7, 11) is 0. The number of carboxylic acid groups (broad SMARTS) is 2. The van der Waals surface area contributed by atoms with Crippen molar-refractivity contribution in [1.82, 2.24) is 15.1 Å². The highest BCUT2D eigenvalue weighted by Gasteiger charge is 2.41. The van der Waals surface area contributed by atoms with Crippen molar-refractivity contribution in [3.05, 3.63) is 107 Å². The van der Waals surface area contributed by atoms with Gasteiger partial charge < -0.3 is 34.8 Å². The summed E-state index contributed by atoms with van der Waals surface area (Å²) in [5, 5.41) is 22.3. The lowest BCUT2D eigenvalue weighted by Crippen LogP contribution is -2.48. The Hall–Kier alpha value is -4.94. The highest BCUT2D eigenvalue weighted by Crippen LogP contribution is 2.21. The minimum absolute atomic E-state index is 0.0253. The molecule has 13 heteroatoms. The summed E-state index contributed by atoms with van der Waals surface area (Å²) in [4.78, 5) is 63.5. The number of hydrogen-bond donors (Lipinski definition) is 3. The van der Waals surface area contributed by atoms with Gasteiger partial charge in [-0.25, -0.2) is 24.0 Å². The number of urea groups is 1. The summed E-state index contributed by atoms with van der Waals surface area (Å²) < 4.78 is 9.52. The Morgan fingerprint density at radius 1 is 0.808 bits per heavy atom. The molecule has 1 saturated heterocycles. The molecule has 280 valence electrons. The monoisotopic (exact) mass is 737 g/mol. The third-order valence-electron chi connectivity index (χ3n) is 8.51. The van der Waals surface area contributed by atoms with Crippen molar-refractivity contribution in [1.29, 1.82) is 0 Å². The molecule has 12 nitrogen and oxygen atoms in total. The zero-order chi connectivity index (χ0) is 38.2. The van der Waals surface area contributed by atoms with Gasteiger partial charge in [0.05, 0.1) is 11.1 Å². The van der Waals surface area contributed by atoms with Crippen LogP contribution in [-0.2, 0) is 25.5 Å². The zero-order valence-corrected chi connectivity index (χ0v) is 30.7. The van der Waals surface area contributed by atoms with Gasteiger partial charge in [-0.05, 0) is 94.5 Å². The van der Waals surface area contributed by atoms with Gasteiger partial charge >= 0.3 is 29.9 Å². The number of carbonyl (C=O) groups is 5. The Balaban J connectivity index is 0.000000280. The molecule has 1 aliphatic heterocycles. The first kappa shape index (κ1) is 41.5. The molecule has 0 saturated carbocycles. The number of aliphatic carboxylic acids is 2. The molecule has 3 aromatic rings. The topological polar surface area (TPSA) is 163 Å². The van der Waals surface area contributed by atoms with Crippen LogP contribution in [0.3, 0.4) is 0 Å². The van der Waals surface area contributed by atoms with E-state index in [-0.39, 0.29) is 23.2 Å². The van der Waals surface area contributed by atoms with Crippen LogP contribution in [0, 0.1) is 5.92 Å². The van der Waals surface area contributed by atoms with Gasteiger partial charge in [-0.3, -0.25) is 0 Å². The summed E-state index contributed by atoms with van der Waals surface area (Å²) in [6.07, 6.45) is -1.23. The second-order valence-corrected chi connectivity index (χ2v) is 13.3. The fourth-order valence-corrected chi connectivity index (χ4v) is 5.95. The second kappa shape index (κ2) is 20.8. The average molecular weight is 738 g/mol. The highest BCUT2D eigenvalue weighted by atomic mass is 35.5. The van der Waals surface area contributed by atoms with Gasteiger partial charge in [-0.2, -0.15) is 0 Å². The number of hydrogen-bond acceptors (Lipinski definition) is 8. The first-order valence-corrected chi connectivity index (χ1v) is 17.7. The maximum atomic E-state index is 12.1. The number of ether oxygens (including phenoxy) is 2. The molecule has 1 aliphatic rings. The third-order valence-corrected chi connectivity index (χ3v) is 8.74. The number of carbonyl (C=O) groups excluding carboxylic acids is 3. The fraction of sp³-hybridized carbons (Fsp3) is 0.410. The average Bonchev–Trinajstić information content (AvgIpc) is 3.12. The van der Waals surface area contributed by atoms with E-state index in [0.29, 0.717) is 12.0 Å². The molecule has 4 rings (SSSR count). The SMILES string of the molecule is CCN(CC1CCN(C(=O)NC(C)C)CC1)C(C)Cc1cccc(Cl)c1.O=C(O[C@@H](C(=O)O)[C@@H](OC(=O)c1ccccc1)C(=O)O)c1ccccc1. The maximum absolute atomic E-state index is 12.1. The van der Waals surface area contributed by atoms with Crippen molar-refractivity contribution in [3.63, 3.8) is 0 Å². The van der Waals surface area contributed by atoms with E-state index in [1.807, 2.05) is 30.9 Å². The van der Waals surface area contributed by atoms with E-state index < -0.39 is 36.1 Å². The molecule has 0 spiro atoms. The predicted molar refractivity (Wildman–Crippen MR) is 196 cm³/mol. The minimum Gasteiger partial charge on any atom is -0.478 e. The Morgan fingerprint density at radius 3 is 1.73 bits per heavy atom. The first-order chi connectivity index (χ1) is 24.8. The predicted octanol–water partition coefficient (Wildman–Crippen LogP) is 6.03. The molecule has 2 amide bonds. The second-order valence-electron chi connectivity index (χ2n) is 12.9. The van der Waals surface area contributed by atoms with Crippen molar-refractivity contribution < 1.29 is 43.7 Å². The zero-order valence-electron chi connectivity index (χ0n) is 29.9. The van der Waals surface area contributed by atoms with Crippen LogP contribution < -0.4 is 5.32 Å². The lowest BCUT2D eigenvalue weighted by molar-refractivity contribution is -0.166. The molecule has 52 heavy (non-hydrogen) atoms. The fourth-order valence-electron chi connectivity index (χ4n) is 5.74. The normalized spacial score (nSPS) is 14.7.